The average molecular weight is 400 g/mol. The Hall–Kier alpha value is -3.08. The topological polar surface area (TPSA) is 98.5 Å². The number of hydrogen-bond donors (Lipinski definition) is 1. The van der Waals surface area contributed by atoms with Crippen molar-refractivity contribution in [1.29, 1.82) is 0 Å². The molecule has 7 nitrogen and oxygen atoms in total. The number of anilines is 1. The van der Waals surface area contributed by atoms with E-state index in [1.807, 2.05) is 0 Å². The summed E-state index contributed by atoms with van der Waals surface area (Å²) in [6, 6.07) is 9.57. The zero-order valence-electron chi connectivity index (χ0n) is 13.4. The van der Waals surface area contributed by atoms with Crippen molar-refractivity contribution in [3.8, 4) is 0 Å². The minimum Gasteiger partial charge on any atom is -0.452 e. The first-order chi connectivity index (χ1) is 12.6. The van der Waals surface area contributed by atoms with Crippen molar-refractivity contribution in [2.45, 2.75) is 10.4 Å². The summed E-state index contributed by atoms with van der Waals surface area (Å²) >= 11 is -0.315. The van der Waals surface area contributed by atoms with Gasteiger partial charge >= 0.3 is 11.5 Å². The van der Waals surface area contributed by atoms with Crippen molar-refractivity contribution >= 4 is 35.0 Å². The third-order valence-corrected chi connectivity index (χ3v) is 3.76. The second kappa shape index (κ2) is 8.54. The van der Waals surface area contributed by atoms with Gasteiger partial charge in [0.1, 0.15) is 0 Å². The average Bonchev–Trinajstić information content (AvgIpc) is 2.59. The molecule has 2 aromatic rings. The van der Waals surface area contributed by atoms with E-state index in [4.69, 9.17) is 4.74 Å². The number of hydrogen-bond acceptors (Lipinski definition) is 6. The number of halogens is 3. The maximum atomic E-state index is 12.2. The molecule has 0 spiro atoms. The molecular formula is C16H11F3N2O5S. The number of carbonyl (C=O) groups excluding carboxylic acids is 2. The summed E-state index contributed by atoms with van der Waals surface area (Å²) in [5, 5.41) is 12.9. The lowest BCUT2D eigenvalue weighted by Gasteiger charge is -2.08. The van der Waals surface area contributed by atoms with E-state index in [0.717, 1.165) is 24.3 Å². The minimum absolute atomic E-state index is 0.00957. The van der Waals surface area contributed by atoms with Crippen LogP contribution < -0.4 is 5.32 Å². The van der Waals surface area contributed by atoms with Crippen molar-refractivity contribution in [2.75, 3.05) is 11.9 Å². The number of nitro groups is 1. The predicted octanol–water partition coefficient (Wildman–Crippen LogP) is 4.00. The molecule has 0 heterocycles. The Balaban J connectivity index is 1.85. The van der Waals surface area contributed by atoms with E-state index < -0.39 is 28.9 Å². The molecule has 11 heteroatoms. The van der Waals surface area contributed by atoms with Gasteiger partial charge in [0.25, 0.3) is 11.6 Å². The van der Waals surface area contributed by atoms with Gasteiger partial charge in [0.2, 0.25) is 0 Å². The third-order valence-electron chi connectivity index (χ3n) is 3.02. The zero-order chi connectivity index (χ0) is 20.0. The van der Waals surface area contributed by atoms with E-state index in [9.17, 15) is 32.9 Å². The Morgan fingerprint density at radius 2 is 1.67 bits per heavy atom. The van der Waals surface area contributed by atoms with Crippen LogP contribution in [0.25, 0.3) is 0 Å². The number of thioether (sulfide) groups is 1. The van der Waals surface area contributed by atoms with Crippen molar-refractivity contribution in [3.63, 3.8) is 0 Å². The Kier molecular flexibility index (Phi) is 6.40. The highest BCUT2D eigenvalue weighted by Crippen LogP contribution is 2.36. The van der Waals surface area contributed by atoms with Crippen LogP contribution in [0.15, 0.2) is 53.4 Å². The summed E-state index contributed by atoms with van der Waals surface area (Å²) in [5.74, 6) is -1.56. The Labute approximate surface area is 154 Å². The molecule has 2 aromatic carbocycles. The van der Waals surface area contributed by atoms with Gasteiger partial charge in [-0.15, -0.1) is 0 Å². The van der Waals surface area contributed by atoms with E-state index in [1.54, 1.807) is 0 Å². The molecule has 0 aliphatic carbocycles. The number of nitrogens with one attached hydrogen (secondary N) is 1. The Morgan fingerprint density at radius 1 is 1.07 bits per heavy atom. The summed E-state index contributed by atoms with van der Waals surface area (Å²) in [4.78, 5) is 33.4. The van der Waals surface area contributed by atoms with Crippen molar-refractivity contribution < 1.29 is 32.4 Å². The summed E-state index contributed by atoms with van der Waals surface area (Å²) in [6.45, 7) is -0.630. The van der Waals surface area contributed by atoms with Crippen LogP contribution in [0, 0.1) is 10.1 Å². The fraction of sp³-hybridized carbons (Fsp3) is 0.125. The monoisotopic (exact) mass is 400 g/mol. The van der Waals surface area contributed by atoms with Gasteiger partial charge < -0.3 is 10.1 Å². The van der Waals surface area contributed by atoms with E-state index in [0.29, 0.717) is 0 Å². The molecule has 0 radical (unpaired) electrons. The molecule has 0 fully saturated rings. The molecule has 27 heavy (non-hydrogen) atoms. The molecule has 0 aromatic heterocycles. The van der Waals surface area contributed by atoms with Crippen LogP contribution >= 0.6 is 11.8 Å². The number of nitro benzene ring substituents is 1. The molecular weight excluding hydrogens is 389 g/mol. The van der Waals surface area contributed by atoms with Crippen LogP contribution in [0.5, 0.6) is 0 Å². The third kappa shape index (κ3) is 6.62. The fourth-order valence-electron chi connectivity index (χ4n) is 1.87. The number of alkyl halides is 3. The van der Waals surface area contributed by atoms with Crippen LogP contribution in [0.1, 0.15) is 10.4 Å². The molecule has 0 saturated heterocycles. The summed E-state index contributed by atoms with van der Waals surface area (Å²) < 4.78 is 41.5. The van der Waals surface area contributed by atoms with Gasteiger partial charge in [-0.05, 0) is 48.2 Å². The molecule has 1 N–H and O–H groups in total. The summed E-state index contributed by atoms with van der Waals surface area (Å²) in [7, 11) is 0. The van der Waals surface area contributed by atoms with Gasteiger partial charge in [-0.25, -0.2) is 4.79 Å². The second-order valence-electron chi connectivity index (χ2n) is 5.00. The SMILES string of the molecule is O=C(COC(=O)c1ccc(SC(F)(F)F)cc1)Nc1ccc([N+](=O)[O-])cc1. The van der Waals surface area contributed by atoms with E-state index in [2.05, 4.69) is 5.32 Å². The number of esters is 1. The van der Waals surface area contributed by atoms with Crippen LogP contribution in [0.4, 0.5) is 24.5 Å². The molecule has 0 bridgehead atoms. The Bertz CT molecular complexity index is 839. The number of amides is 1. The molecule has 0 unspecified atom stereocenters. The van der Waals surface area contributed by atoms with E-state index >= 15 is 0 Å². The van der Waals surface area contributed by atoms with Crippen molar-refractivity contribution in [3.05, 3.63) is 64.2 Å². The number of non-ortho nitro benzene ring substituents is 1. The predicted molar refractivity (Wildman–Crippen MR) is 90.4 cm³/mol. The standard InChI is InChI=1S/C16H11F3N2O5S/c17-16(18,19)27-13-7-1-10(2-8-13)15(23)26-9-14(22)20-11-3-5-12(6-4-11)21(24)25/h1-8H,9H2,(H,20,22). The van der Waals surface area contributed by atoms with Crippen LogP contribution in [-0.2, 0) is 9.53 Å². The lowest BCUT2D eigenvalue weighted by molar-refractivity contribution is -0.384. The normalized spacial score (nSPS) is 10.9. The van der Waals surface area contributed by atoms with Crippen molar-refractivity contribution in [1.82, 2.24) is 0 Å². The maximum absolute atomic E-state index is 12.2. The largest absolute Gasteiger partial charge is 0.452 e. The second-order valence-corrected chi connectivity index (χ2v) is 6.14. The number of ether oxygens (including phenoxy) is 1. The quantitative estimate of drug-likeness (QED) is 0.341. The highest BCUT2D eigenvalue weighted by atomic mass is 32.2. The van der Waals surface area contributed by atoms with E-state index in [-0.39, 0.29) is 33.6 Å². The molecule has 2 rings (SSSR count). The smallest absolute Gasteiger partial charge is 0.446 e. The summed E-state index contributed by atoms with van der Waals surface area (Å²) in [6.07, 6.45) is 0. The first-order valence-electron chi connectivity index (χ1n) is 7.21. The first-order valence-corrected chi connectivity index (χ1v) is 8.03. The first kappa shape index (κ1) is 20.2. The summed E-state index contributed by atoms with van der Waals surface area (Å²) in [5.41, 5.74) is -4.32. The zero-order valence-corrected chi connectivity index (χ0v) is 14.2. The van der Waals surface area contributed by atoms with Gasteiger partial charge in [0.15, 0.2) is 6.61 Å². The van der Waals surface area contributed by atoms with Crippen LogP contribution in [-0.4, -0.2) is 28.9 Å². The fourth-order valence-corrected chi connectivity index (χ4v) is 2.41. The van der Waals surface area contributed by atoms with Gasteiger partial charge in [-0.3, -0.25) is 14.9 Å². The Morgan fingerprint density at radius 3 is 2.19 bits per heavy atom. The molecule has 0 aliphatic rings. The molecule has 0 atom stereocenters. The lowest BCUT2D eigenvalue weighted by Crippen LogP contribution is -2.20. The van der Waals surface area contributed by atoms with E-state index in [1.165, 1.54) is 24.3 Å². The minimum atomic E-state index is -4.43. The molecule has 142 valence electrons. The number of carbonyl (C=O) groups is 2. The maximum Gasteiger partial charge on any atom is 0.446 e. The van der Waals surface area contributed by atoms with Gasteiger partial charge in [0, 0.05) is 22.7 Å². The molecule has 0 saturated carbocycles. The van der Waals surface area contributed by atoms with Crippen LogP contribution in [0.2, 0.25) is 0 Å². The van der Waals surface area contributed by atoms with Gasteiger partial charge in [0.05, 0.1) is 10.5 Å². The lowest BCUT2D eigenvalue weighted by atomic mass is 10.2. The molecule has 0 aliphatic heterocycles. The van der Waals surface area contributed by atoms with Gasteiger partial charge in [-0.1, -0.05) is 0 Å². The van der Waals surface area contributed by atoms with Crippen molar-refractivity contribution in [2.24, 2.45) is 0 Å². The highest BCUT2D eigenvalue weighted by Gasteiger charge is 2.29. The number of benzene rings is 2. The highest BCUT2D eigenvalue weighted by molar-refractivity contribution is 8.00. The van der Waals surface area contributed by atoms with Gasteiger partial charge in [-0.2, -0.15) is 13.2 Å². The molecule has 1 amide bonds. The number of rotatable bonds is 6. The van der Waals surface area contributed by atoms with Crippen LogP contribution in [0.3, 0.4) is 0 Å². The number of nitrogens with zero attached hydrogens (tertiary/aromatic N) is 1.